The predicted octanol–water partition coefficient (Wildman–Crippen LogP) is 4.41. The summed E-state index contributed by atoms with van der Waals surface area (Å²) in [6.45, 7) is 5.06. The number of halogens is 1. The molecule has 0 spiro atoms. The monoisotopic (exact) mass is 386 g/mol. The molecule has 0 saturated heterocycles. The highest BCUT2D eigenvalue weighted by atomic mass is 35.5. The molecule has 2 aromatic heterocycles. The largest absolute Gasteiger partial charge is 0.359 e. The smallest absolute Gasteiger partial charge is 0.147 e. The van der Waals surface area contributed by atoms with E-state index in [0.29, 0.717) is 5.02 Å². The molecule has 3 aromatic rings. The van der Waals surface area contributed by atoms with Crippen molar-refractivity contribution in [3.8, 4) is 11.1 Å². The average Bonchev–Trinajstić information content (AvgIpc) is 3.39. The first kappa shape index (κ1) is 18.3. The molecule has 7 heteroatoms. The van der Waals surface area contributed by atoms with Gasteiger partial charge in [0.2, 0.25) is 0 Å². The second kappa shape index (κ2) is 7.19. The number of rotatable bonds is 7. The molecule has 4 rings (SSSR count). The minimum atomic E-state index is -0.534. The van der Waals surface area contributed by atoms with Gasteiger partial charge in [-0.15, -0.1) is 5.10 Å². The van der Waals surface area contributed by atoms with Crippen LogP contribution in [0.4, 0.5) is 0 Å². The normalized spacial score (nSPS) is 14.8. The van der Waals surface area contributed by atoms with Crippen LogP contribution < -0.4 is 0 Å². The Morgan fingerprint density at radius 2 is 2.04 bits per heavy atom. The van der Waals surface area contributed by atoms with Gasteiger partial charge >= 0.3 is 0 Å². The van der Waals surface area contributed by atoms with Crippen molar-refractivity contribution in [2.45, 2.75) is 38.8 Å². The number of hydrogen-bond donors (Lipinski definition) is 0. The van der Waals surface area contributed by atoms with E-state index in [1.165, 1.54) is 12.8 Å². The molecule has 0 unspecified atom stereocenters. The van der Waals surface area contributed by atoms with Gasteiger partial charge < -0.3 is 9.47 Å². The molecule has 0 aliphatic heterocycles. The van der Waals surface area contributed by atoms with Gasteiger partial charge in [0.05, 0.1) is 16.2 Å². The molecule has 2 heterocycles. The van der Waals surface area contributed by atoms with Crippen molar-refractivity contribution in [2.75, 3.05) is 13.9 Å². The first-order valence-electron chi connectivity index (χ1n) is 9.11. The summed E-state index contributed by atoms with van der Waals surface area (Å²) in [4.78, 5) is 4.57. The van der Waals surface area contributed by atoms with Gasteiger partial charge in [0, 0.05) is 31.0 Å². The first-order valence-corrected chi connectivity index (χ1v) is 9.49. The van der Waals surface area contributed by atoms with E-state index in [9.17, 15) is 0 Å². The zero-order valence-corrected chi connectivity index (χ0v) is 16.5. The zero-order chi connectivity index (χ0) is 19.0. The van der Waals surface area contributed by atoms with E-state index in [1.807, 2.05) is 49.0 Å². The maximum Gasteiger partial charge on any atom is 0.147 e. The summed E-state index contributed by atoms with van der Waals surface area (Å²) in [6, 6.07) is 8.01. The lowest BCUT2D eigenvalue weighted by molar-refractivity contribution is -0.120. The quantitative estimate of drug-likeness (QED) is 0.563. The Bertz CT molecular complexity index is 949. The van der Waals surface area contributed by atoms with Crippen molar-refractivity contribution in [3.63, 3.8) is 0 Å². The third-order valence-corrected chi connectivity index (χ3v) is 5.37. The van der Waals surface area contributed by atoms with Crippen LogP contribution in [0.3, 0.4) is 0 Å². The number of pyridine rings is 1. The third-order valence-electron chi connectivity index (χ3n) is 4.98. The molecule has 1 saturated carbocycles. The average molecular weight is 387 g/mol. The number of aromatic nitrogens is 4. The number of fused-ring (bicyclic) bond motifs is 1. The molecule has 0 N–H and O–H groups in total. The molecule has 27 heavy (non-hydrogen) atoms. The summed E-state index contributed by atoms with van der Waals surface area (Å²) in [7, 11) is 1.60. The van der Waals surface area contributed by atoms with Crippen molar-refractivity contribution in [3.05, 3.63) is 41.2 Å². The van der Waals surface area contributed by atoms with E-state index in [2.05, 4.69) is 15.3 Å². The number of ether oxygens (including phenoxy) is 2. The van der Waals surface area contributed by atoms with E-state index < -0.39 is 5.60 Å². The van der Waals surface area contributed by atoms with E-state index in [4.69, 9.17) is 21.1 Å². The SMILES string of the molecule is COCOC(C)(C)c1ccc(-c2ccc3c(nnn3CC3CC3)c2Cl)cn1. The summed E-state index contributed by atoms with van der Waals surface area (Å²) in [5.41, 5.74) is 3.85. The van der Waals surface area contributed by atoms with Crippen LogP contribution in [-0.2, 0) is 21.6 Å². The first-order chi connectivity index (χ1) is 13.0. The molecule has 142 valence electrons. The minimum absolute atomic E-state index is 0.218. The summed E-state index contributed by atoms with van der Waals surface area (Å²) >= 11 is 6.66. The van der Waals surface area contributed by atoms with Gasteiger partial charge in [-0.3, -0.25) is 4.98 Å². The Hall–Kier alpha value is -2.02. The van der Waals surface area contributed by atoms with Gasteiger partial charge in [0.25, 0.3) is 0 Å². The Balaban J connectivity index is 1.63. The van der Waals surface area contributed by atoms with Crippen LogP contribution in [-0.4, -0.2) is 33.9 Å². The molecule has 0 atom stereocenters. The molecule has 1 aliphatic carbocycles. The summed E-state index contributed by atoms with van der Waals surface area (Å²) in [5, 5.41) is 9.20. The van der Waals surface area contributed by atoms with E-state index in [-0.39, 0.29) is 6.79 Å². The second-order valence-corrected chi connectivity index (χ2v) is 7.88. The number of methoxy groups -OCH3 is 1. The minimum Gasteiger partial charge on any atom is -0.359 e. The lowest BCUT2D eigenvalue weighted by Crippen LogP contribution is -2.24. The van der Waals surface area contributed by atoms with Crippen molar-refractivity contribution < 1.29 is 9.47 Å². The van der Waals surface area contributed by atoms with Crippen molar-refractivity contribution >= 4 is 22.6 Å². The van der Waals surface area contributed by atoms with E-state index in [1.54, 1.807) is 7.11 Å². The van der Waals surface area contributed by atoms with Crippen LogP contribution in [0.5, 0.6) is 0 Å². The van der Waals surface area contributed by atoms with Gasteiger partial charge in [0.1, 0.15) is 17.9 Å². The number of benzene rings is 1. The van der Waals surface area contributed by atoms with Crippen LogP contribution in [0.15, 0.2) is 30.5 Å². The summed E-state index contributed by atoms with van der Waals surface area (Å²) in [5.74, 6) is 0.730. The Morgan fingerprint density at radius 3 is 2.70 bits per heavy atom. The third kappa shape index (κ3) is 3.70. The molecule has 1 aromatic carbocycles. The Kier molecular flexibility index (Phi) is 4.88. The van der Waals surface area contributed by atoms with Gasteiger partial charge in [-0.25, -0.2) is 4.68 Å². The van der Waals surface area contributed by atoms with Crippen molar-refractivity contribution in [2.24, 2.45) is 5.92 Å². The Labute approximate surface area is 163 Å². The van der Waals surface area contributed by atoms with Crippen LogP contribution in [0.25, 0.3) is 22.2 Å². The highest BCUT2D eigenvalue weighted by Crippen LogP contribution is 2.36. The maximum absolute atomic E-state index is 6.66. The van der Waals surface area contributed by atoms with Gasteiger partial charge in [-0.1, -0.05) is 28.9 Å². The molecular weight excluding hydrogens is 364 g/mol. The molecular formula is C20H23ClN4O2. The van der Waals surface area contributed by atoms with Crippen molar-refractivity contribution in [1.29, 1.82) is 0 Å². The van der Waals surface area contributed by atoms with Crippen LogP contribution in [0.2, 0.25) is 5.02 Å². The summed E-state index contributed by atoms with van der Waals surface area (Å²) < 4.78 is 12.7. The lowest BCUT2D eigenvalue weighted by Gasteiger charge is -2.24. The van der Waals surface area contributed by atoms with E-state index in [0.717, 1.165) is 40.3 Å². The van der Waals surface area contributed by atoms with E-state index >= 15 is 0 Å². The molecule has 6 nitrogen and oxygen atoms in total. The summed E-state index contributed by atoms with van der Waals surface area (Å²) in [6.07, 6.45) is 4.36. The fourth-order valence-electron chi connectivity index (χ4n) is 3.10. The van der Waals surface area contributed by atoms with Crippen LogP contribution in [0, 0.1) is 5.92 Å². The topological polar surface area (TPSA) is 62.1 Å². The Morgan fingerprint density at radius 1 is 1.22 bits per heavy atom. The molecule has 0 radical (unpaired) electrons. The molecule has 0 bridgehead atoms. The van der Waals surface area contributed by atoms with Crippen LogP contribution in [0.1, 0.15) is 32.4 Å². The fraction of sp³-hybridized carbons (Fsp3) is 0.450. The lowest BCUT2D eigenvalue weighted by atomic mass is 10.0. The molecule has 0 amide bonds. The highest BCUT2D eigenvalue weighted by molar-refractivity contribution is 6.37. The van der Waals surface area contributed by atoms with Crippen LogP contribution >= 0.6 is 11.6 Å². The zero-order valence-electron chi connectivity index (χ0n) is 15.8. The van der Waals surface area contributed by atoms with Gasteiger partial charge in [-0.2, -0.15) is 0 Å². The van der Waals surface area contributed by atoms with Gasteiger partial charge in [0.15, 0.2) is 0 Å². The maximum atomic E-state index is 6.66. The fourth-order valence-corrected chi connectivity index (χ4v) is 3.40. The van der Waals surface area contributed by atoms with Crippen molar-refractivity contribution in [1.82, 2.24) is 20.0 Å². The van der Waals surface area contributed by atoms with Gasteiger partial charge in [-0.05, 0) is 44.7 Å². The predicted molar refractivity (Wildman–Crippen MR) is 104 cm³/mol. The number of nitrogens with zero attached hydrogens (tertiary/aromatic N) is 4. The second-order valence-electron chi connectivity index (χ2n) is 7.50. The number of hydrogen-bond acceptors (Lipinski definition) is 5. The molecule has 1 aliphatic rings. The molecule has 1 fully saturated rings. The standard InChI is InChI=1S/C20H23ClN4O2/c1-20(2,27-12-26-3)17-9-6-14(10-22-17)15-7-8-16-19(18(15)21)23-24-25(16)11-13-4-5-13/h6-10,13H,4-5,11-12H2,1-3H3. The highest BCUT2D eigenvalue weighted by Gasteiger charge is 2.25.